The zero-order valence-electron chi connectivity index (χ0n) is 13.4. The number of nitrogens with one attached hydrogen (secondary N) is 2. The minimum atomic E-state index is -0.290. The van der Waals surface area contributed by atoms with Crippen molar-refractivity contribution in [3.63, 3.8) is 0 Å². The number of rotatable bonds is 6. The molecule has 0 aromatic heterocycles. The first-order valence-corrected chi connectivity index (χ1v) is 7.98. The van der Waals surface area contributed by atoms with Crippen molar-refractivity contribution in [2.75, 3.05) is 12.4 Å². The molecular weight excluding hydrogens is 278 g/mol. The summed E-state index contributed by atoms with van der Waals surface area (Å²) in [5.41, 5.74) is 4.71. The van der Waals surface area contributed by atoms with E-state index < -0.39 is 0 Å². The van der Waals surface area contributed by atoms with Gasteiger partial charge >= 0.3 is 0 Å². The fraction of sp³-hybridized carbons (Fsp3) is 0.529. The molecule has 1 amide bonds. The molecule has 5 heteroatoms. The number of benzene rings is 1. The van der Waals surface area contributed by atoms with Crippen molar-refractivity contribution in [1.82, 2.24) is 5.43 Å². The van der Waals surface area contributed by atoms with Crippen LogP contribution in [0.15, 0.2) is 29.4 Å². The second kappa shape index (κ2) is 8.41. The monoisotopic (exact) mass is 303 g/mol. The molecule has 1 aromatic carbocycles. The lowest BCUT2D eigenvalue weighted by atomic mass is 9.99. The Morgan fingerprint density at radius 3 is 2.50 bits per heavy atom. The highest BCUT2D eigenvalue weighted by molar-refractivity contribution is 5.89. The van der Waals surface area contributed by atoms with E-state index in [4.69, 9.17) is 4.74 Å². The van der Waals surface area contributed by atoms with Gasteiger partial charge in [0.2, 0.25) is 0 Å². The normalized spacial score (nSPS) is 15.8. The summed E-state index contributed by atoms with van der Waals surface area (Å²) in [6.45, 7) is 1.98. The van der Waals surface area contributed by atoms with E-state index in [1.807, 2.05) is 31.2 Å². The zero-order valence-corrected chi connectivity index (χ0v) is 13.4. The molecule has 1 aliphatic rings. The molecule has 120 valence electrons. The number of ether oxygens (including phenoxy) is 1. The molecule has 0 radical (unpaired) electrons. The van der Waals surface area contributed by atoms with Crippen LogP contribution in [-0.4, -0.2) is 24.8 Å². The molecule has 2 rings (SSSR count). The van der Waals surface area contributed by atoms with Crippen molar-refractivity contribution in [2.24, 2.45) is 5.10 Å². The average molecular weight is 303 g/mol. The Kier molecular flexibility index (Phi) is 6.25. The van der Waals surface area contributed by atoms with Gasteiger partial charge in [-0.1, -0.05) is 13.3 Å². The molecule has 0 spiro atoms. The Hall–Kier alpha value is -2.04. The van der Waals surface area contributed by atoms with E-state index in [2.05, 4.69) is 15.8 Å². The van der Waals surface area contributed by atoms with Crippen LogP contribution in [-0.2, 0) is 4.79 Å². The van der Waals surface area contributed by atoms with Crippen molar-refractivity contribution in [3.8, 4) is 5.75 Å². The van der Waals surface area contributed by atoms with Crippen LogP contribution in [0.2, 0.25) is 0 Å². The minimum absolute atomic E-state index is 0.0867. The van der Waals surface area contributed by atoms with Crippen LogP contribution in [0.25, 0.3) is 0 Å². The van der Waals surface area contributed by atoms with Gasteiger partial charge in [-0.25, -0.2) is 5.43 Å². The molecule has 1 fully saturated rings. The SMILES string of the molecule is CCC(Nc1ccc(OC)cc1)C(=O)NN=C1CCCCC1. The smallest absolute Gasteiger partial charge is 0.262 e. The van der Waals surface area contributed by atoms with E-state index in [-0.39, 0.29) is 11.9 Å². The predicted octanol–water partition coefficient (Wildman–Crippen LogP) is 3.32. The summed E-state index contributed by atoms with van der Waals surface area (Å²) in [6, 6.07) is 7.26. The largest absolute Gasteiger partial charge is 0.497 e. The van der Waals surface area contributed by atoms with Gasteiger partial charge in [0.15, 0.2) is 0 Å². The minimum Gasteiger partial charge on any atom is -0.497 e. The van der Waals surface area contributed by atoms with E-state index in [0.29, 0.717) is 6.42 Å². The standard InChI is InChI=1S/C17H25N3O2/c1-3-16(18-13-9-11-15(22-2)12-10-13)17(21)20-19-14-7-5-4-6-8-14/h9-12,16,18H,3-8H2,1-2H3,(H,20,21). The van der Waals surface area contributed by atoms with Crippen LogP contribution in [0.3, 0.4) is 0 Å². The van der Waals surface area contributed by atoms with Crippen molar-refractivity contribution in [2.45, 2.75) is 51.5 Å². The molecule has 0 saturated heterocycles. The number of methoxy groups -OCH3 is 1. The molecule has 5 nitrogen and oxygen atoms in total. The molecule has 0 heterocycles. The summed E-state index contributed by atoms with van der Waals surface area (Å²) in [5, 5.41) is 7.51. The molecule has 0 bridgehead atoms. The van der Waals surface area contributed by atoms with Crippen molar-refractivity contribution < 1.29 is 9.53 Å². The molecule has 0 aliphatic heterocycles. The quantitative estimate of drug-likeness (QED) is 0.792. The lowest BCUT2D eigenvalue weighted by Gasteiger charge is -2.18. The first-order chi connectivity index (χ1) is 10.7. The third kappa shape index (κ3) is 4.76. The topological polar surface area (TPSA) is 62.7 Å². The van der Waals surface area contributed by atoms with Crippen LogP contribution in [0.4, 0.5) is 5.69 Å². The maximum absolute atomic E-state index is 12.2. The Bertz CT molecular complexity index is 503. The second-order valence-electron chi connectivity index (χ2n) is 5.55. The molecule has 2 N–H and O–H groups in total. The van der Waals surface area contributed by atoms with Crippen LogP contribution in [0.1, 0.15) is 45.4 Å². The number of carbonyl (C=O) groups is 1. The Labute approximate surface area is 132 Å². The lowest BCUT2D eigenvalue weighted by molar-refractivity contribution is -0.121. The Balaban J connectivity index is 1.90. The predicted molar refractivity (Wildman–Crippen MR) is 89.4 cm³/mol. The van der Waals surface area contributed by atoms with Gasteiger partial charge < -0.3 is 10.1 Å². The van der Waals surface area contributed by atoms with Gasteiger partial charge in [-0.05, 0) is 56.4 Å². The fourth-order valence-electron chi connectivity index (χ4n) is 2.53. The lowest BCUT2D eigenvalue weighted by Crippen LogP contribution is -2.37. The second-order valence-corrected chi connectivity index (χ2v) is 5.55. The summed E-state index contributed by atoms with van der Waals surface area (Å²) in [6.07, 6.45) is 6.32. The highest BCUT2D eigenvalue weighted by Gasteiger charge is 2.16. The van der Waals surface area contributed by atoms with Crippen molar-refractivity contribution >= 4 is 17.3 Å². The fourth-order valence-corrected chi connectivity index (χ4v) is 2.53. The first kappa shape index (κ1) is 16.3. The number of hydrogen-bond donors (Lipinski definition) is 2. The highest BCUT2D eigenvalue weighted by Crippen LogP contribution is 2.17. The van der Waals surface area contributed by atoms with Gasteiger partial charge in [0.1, 0.15) is 11.8 Å². The molecule has 22 heavy (non-hydrogen) atoms. The number of anilines is 1. The maximum atomic E-state index is 12.2. The summed E-state index contributed by atoms with van der Waals surface area (Å²) >= 11 is 0. The van der Waals surface area contributed by atoms with Gasteiger partial charge in [0, 0.05) is 11.4 Å². The third-order valence-electron chi connectivity index (χ3n) is 3.91. The molecular formula is C17H25N3O2. The Morgan fingerprint density at radius 1 is 1.23 bits per heavy atom. The number of carbonyl (C=O) groups excluding carboxylic acids is 1. The van der Waals surface area contributed by atoms with Gasteiger partial charge in [-0.3, -0.25) is 4.79 Å². The number of hydrogen-bond acceptors (Lipinski definition) is 4. The third-order valence-corrected chi connectivity index (χ3v) is 3.91. The molecule has 1 atom stereocenters. The van der Waals surface area contributed by atoms with E-state index in [1.165, 1.54) is 19.3 Å². The molecule has 1 aliphatic carbocycles. The molecule has 1 unspecified atom stereocenters. The number of amides is 1. The summed E-state index contributed by atoms with van der Waals surface area (Å²) in [7, 11) is 1.63. The Morgan fingerprint density at radius 2 is 1.91 bits per heavy atom. The summed E-state index contributed by atoms with van der Waals surface area (Å²) in [4.78, 5) is 12.2. The maximum Gasteiger partial charge on any atom is 0.262 e. The van der Waals surface area contributed by atoms with Gasteiger partial charge in [0.05, 0.1) is 7.11 Å². The van der Waals surface area contributed by atoms with Crippen LogP contribution >= 0.6 is 0 Å². The van der Waals surface area contributed by atoms with Gasteiger partial charge in [-0.2, -0.15) is 5.10 Å². The van der Waals surface area contributed by atoms with Crippen molar-refractivity contribution in [1.29, 1.82) is 0 Å². The van der Waals surface area contributed by atoms with E-state index in [9.17, 15) is 4.79 Å². The summed E-state index contributed by atoms with van der Waals surface area (Å²) in [5.74, 6) is 0.711. The van der Waals surface area contributed by atoms with E-state index >= 15 is 0 Å². The number of nitrogens with zero attached hydrogens (tertiary/aromatic N) is 1. The van der Waals surface area contributed by atoms with Gasteiger partial charge in [0.25, 0.3) is 5.91 Å². The van der Waals surface area contributed by atoms with E-state index in [0.717, 1.165) is 30.0 Å². The van der Waals surface area contributed by atoms with Gasteiger partial charge in [-0.15, -0.1) is 0 Å². The average Bonchev–Trinajstić information content (AvgIpc) is 2.59. The molecule has 1 saturated carbocycles. The molecule has 1 aromatic rings. The van der Waals surface area contributed by atoms with E-state index in [1.54, 1.807) is 7.11 Å². The zero-order chi connectivity index (χ0) is 15.8. The number of hydrazone groups is 1. The van der Waals surface area contributed by atoms with Crippen LogP contribution < -0.4 is 15.5 Å². The summed E-state index contributed by atoms with van der Waals surface area (Å²) < 4.78 is 5.13. The highest BCUT2D eigenvalue weighted by atomic mass is 16.5. The van der Waals surface area contributed by atoms with Crippen molar-refractivity contribution in [3.05, 3.63) is 24.3 Å². The van der Waals surface area contributed by atoms with Crippen LogP contribution in [0, 0.1) is 0 Å². The van der Waals surface area contributed by atoms with Crippen LogP contribution in [0.5, 0.6) is 5.75 Å². The first-order valence-electron chi connectivity index (χ1n) is 7.98.